The molecule has 0 spiro atoms. The SMILES string of the molecule is CCOCCn1c(=NC(=O)c2ccccc2[N+](=O)[O-])sc2cccc(Cl)c21. The van der Waals surface area contributed by atoms with E-state index in [2.05, 4.69) is 4.99 Å². The summed E-state index contributed by atoms with van der Waals surface area (Å²) in [6.45, 7) is 3.35. The molecule has 0 saturated carbocycles. The third-order valence-corrected chi connectivity index (χ3v) is 5.19. The highest BCUT2D eigenvalue weighted by atomic mass is 35.5. The van der Waals surface area contributed by atoms with Crippen LogP contribution in [0.5, 0.6) is 0 Å². The second kappa shape index (κ2) is 8.43. The highest BCUT2D eigenvalue weighted by molar-refractivity contribution is 7.16. The summed E-state index contributed by atoms with van der Waals surface area (Å²) in [5.41, 5.74) is 0.437. The highest BCUT2D eigenvalue weighted by Gasteiger charge is 2.19. The number of ether oxygens (including phenoxy) is 1. The number of nitro groups is 1. The molecule has 0 aliphatic carbocycles. The molecule has 0 aliphatic rings. The topological polar surface area (TPSA) is 86.7 Å². The fraction of sp³-hybridized carbons (Fsp3) is 0.222. The first-order chi connectivity index (χ1) is 13.0. The summed E-state index contributed by atoms with van der Waals surface area (Å²) in [4.78, 5) is 27.8. The van der Waals surface area contributed by atoms with Gasteiger partial charge in [0, 0.05) is 19.2 Å². The lowest BCUT2D eigenvalue weighted by molar-refractivity contribution is -0.385. The van der Waals surface area contributed by atoms with Crippen LogP contribution in [0, 0.1) is 10.1 Å². The number of aromatic nitrogens is 1. The number of para-hydroxylation sites is 2. The van der Waals surface area contributed by atoms with E-state index in [1.54, 1.807) is 12.1 Å². The maximum Gasteiger partial charge on any atom is 0.286 e. The normalized spacial score (nSPS) is 11.9. The van der Waals surface area contributed by atoms with Crippen LogP contribution >= 0.6 is 22.9 Å². The number of hydrogen-bond acceptors (Lipinski definition) is 5. The first kappa shape index (κ1) is 19.2. The molecule has 140 valence electrons. The van der Waals surface area contributed by atoms with Crippen LogP contribution in [0.2, 0.25) is 5.02 Å². The molecule has 3 rings (SSSR count). The molecule has 0 bridgehead atoms. The Hall–Kier alpha value is -2.55. The number of rotatable bonds is 6. The van der Waals surface area contributed by atoms with Crippen LogP contribution in [0.3, 0.4) is 0 Å². The van der Waals surface area contributed by atoms with Gasteiger partial charge in [-0.3, -0.25) is 14.9 Å². The second-order valence-electron chi connectivity index (χ2n) is 5.51. The van der Waals surface area contributed by atoms with Gasteiger partial charge in [0.15, 0.2) is 4.80 Å². The number of nitrogens with zero attached hydrogens (tertiary/aromatic N) is 3. The van der Waals surface area contributed by atoms with Crippen molar-refractivity contribution in [2.75, 3.05) is 13.2 Å². The third kappa shape index (κ3) is 4.08. The molecule has 0 aliphatic heterocycles. The average Bonchev–Trinajstić information content (AvgIpc) is 3.00. The first-order valence-electron chi connectivity index (χ1n) is 8.21. The maximum atomic E-state index is 12.6. The van der Waals surface area contributed by atoms with E-state index in [9.17, 15) is 14.9 Å². The summed E-state index contributed by atoms with van der Waals surface area (Å²) < 4.78 is 8.09. The summed E-state index contributed by atoms with van der Waals surface area (Å²) in [5, 5.41) is 11.7. The molecule has 1 aromatic heterocycles. The van der Waals surface area contributed by atoms with Gasteiger partial charge >= 0.3 is 0 Å². The number of fused-ring (bicyclic) bond motifs is 1. The molecule has 0 saturated heterocycles. The number of nitro benzene ring substituents is 1. The first-order valence-corrected chi connectivity index (χ1v) is 9.40. The Morgan fingerprint density at radius 3 is 2.81 bits per heavy atom. The predicted octanol–water partition coefficient (Wildman–Crippen LogP) is 4.04. The van der Waals surface area contributed by atoms with E-state index < -0.39 is 10.8 Å². The van der Waals surface area contributed by atoms with Gasteiger partial charge in [-0.2, -0.15) is 4.99 Å². The fourth-order valence-electron chi connectivity index (χ4n) is 2.64. The van der Waals surface area contributed by atoms with Gasteiger partial charge in [-0.05, 0) is 25.1 Å². The van der Waals surface area contributed by atoms with Gasteiger partial charge in [0.25, 0.3) is 11.6 Å². The number of benzene rings is 2. The molecule has 0 unspecified atom stereocenters. The fourth-order valence-corrected chi connectivity index (χ4v) is 4.05. The third-order valence-electron chi connectivity index (χ3n) is 3.84. The highest BCUT2D eigenvalue weighted by Crippen LogP contribution is 2.25. The second-order valence-corrected chi connectivity index (χ2v) is 6.93. The number of carbonyl (C=O) groups is 1. The summed E-state index contributed by atoms with van der Waals surface area (Å²) in [6, 6.07) is 11.2. The number of amides is 1. The summed E-state index contributed by atoms with van der Waals surface area (Å²) in [7, 11) is 0. The Bertz CT molecular complexity index is 1070. The zero-order chi connectivity index (χ0) is 19.4. The lowest BCUT2D eigenvalue weighted by Crippen LogP contribution is -2.20. The molecule has 1 amide bonds. The average molecular weight is 406 g/mol. The van der Waals surface area contributed by atoms with Crippen molar-refractivity contribution >= 4 is 44.7 Å². The minimum Gasteiger partial charge on any atom is -0.380 e. The largest absolute Gasteiger partial charge is 0.380 e. The van der Waals surface area contributed by atoms with Crippen molar-refractivity contribution in [2.45, 2.75) is 13.5 Å². The lowest BCUT2D eigenvalue weighted by atomic mass is 10.2. The lowest BCUT2D eigenvalue weighted by Gasteiger charge is -2.06. The Balaban J connectivity index is 2.13. The zero-order valence-electron chi connectivity index (χ0n) is 14.4. The Labute approximate surface area is 163 Å². The summed E-state index contributed by atoms with van der Waals surface area (Å²) >= 11 is 7.64. The molecule has 2 aromatic carbocycles. The molecule has 1 heterocycles. The van der Waals surface area contributed by atoms with Crippen LogP contribution in [-0.2, 0) is 11.3 Å². The van der Waals surface area contributed by atoms with Gasteiger partial charge in [-0.15, -0.1) is 0 Å². The van der Waals surface area contributed by atoms with Gasteiger partial charge in [-0.25, -0.2) is 0 Å². The molecular formula is C18H16ClN3O4S. The van der Waals surface area contributed by atoms with Crippen LogP contribution in [0.4, 0.5) is 5.69 Å². The predicted molar refractivity (Wildman–Crippen MR) is 104 cm³/mol. The molecule has 0 atom stereocenters. The zero-order valence-corrected chi connectivity index (χ0v) is 16.0. The molecule has 0 fully saturated rings. The van der Waals surface area contributed by atoms with Gasteiger partial charge in [0.05, 0.1) is 26.8 Å². The van der Waals surface area contributed by atoms with Gasteiger partial charge in [0.2, 0.25) is 0 Å². The Morgan fingerprint density at radius 2 is 2.07 bits per heavy atom. The van der Waals surface area contributed by atoms with Crippen molar-refractivity contribution in [3.05, 3.63) is 68.0 Å². The smallest absolute Gasteiger partial charge is 0.286 e. The number of halogens is 1. The molecule has 7 nitrogen and oxygen atoms in total. The van der Waals surface area contributed by atoms with E-state index in [-0.39, 0.29) is 11.3 Å². The molecule has 0 radical (unpaired) electrons. The van der Waals surface area contributed by atoms with Gasteiger partial charge in [0.1, 0.15) is 5.56 Å². The van der Waals surface area contributed by atoms with Crippen molar-refractivity contribution in [1.29, 1.82) is 0 Å². The minimum atomic E-state index is -0.671. The van der Waals surface area contributed by atoms with E-state index in [1.807, 2.05) is 23.6 Å². The van der Waals surface area contributed by atoms with Crippen LogP contribution in [0.15, 0.2) is 47.5 Å². The standard InChI is InChI=1S/C18H16ClN3O4S/c1-2-26-11-10-21-16-13(19)7-5-9-15(16)27-18(21)20-17(23)12-6-3-4-8-14(12)22(24)25/h3-9H,2,10-11H2,1H3. The molecule has 0 N–H and O–H groups in total. The molecular weight excluding hydrogens is 390 g/mol. The van der Waals surface area contributed by atoms with Crippen molar-refractivity contribution in [2.24, 2.45) is 4.99 Å². The minimum absolute atomic E-state index is 0.0533. The molecule has 27 heavy (non-hydrogen) atoms. The van der Waals surface area contributed by atoms with E-state index in [4.69, 9.17) is 16.3 Å². The Morgan fingerprint density at radius 1 is 1.30 bits per heavy atom. The van der Waals surface area contributed by atoms with Crippen molar-refractivity contribution in [3.63, 3.8) is 0 Å². The van der Waals surface area contributed by atoms with Crippen LogP contribution in [-0.4, -0.2) is 28.6 Å². The van der Waals surface area contributed by atoms with E-state index in [0.717, 1.165) is 10.2 Å². The Kier molecular flexibility index (Phi) is 6.00. The molecule has 3 aromatic rings. The van der Waals surface area contributed by atoms with Crippen molar-refractivity contribution < 1.29 is 14.5 Å². The van der Waals surface area contributed by atoms with E-state index >= 15 is 0 Å². The van der Waals surface area contributed by atoms with Crippen molar-refractivity contribution in [3.8, 4) is 0 Å². The summed E-state index contributed by atoms with van der Waals surface area (Å²) in [5.74, 6) is -0.671. The monoisotopic (exact) mass is 405 g/mol. The number of carbonyl (C=O) groups excluding carboxylic acids is 1. The maximum absolute atomic E-state index is 12.6. The number of thiazole rings is 1. The van der Waals surface area contributed by atoms with E-state index in [1.165, 1.54) is 29.5 Å². The van der Waals surface area contributed by atoms with Crippen LogP contribution in [0.1, 0.15) is 17.3 Å². The quantitative estimate of drug-likeness (QED) is 0.352. The van der Waals surface area contributed by atoms with Crippen LogP contribution in [0.25, 0.3) is 10.2 Å². The van der Waals surface area contributed by atoms with Crippen LogP contribution < -0.4 is 4.80 Å². The van der Waals surface area contributed by atoms with Gasteiger partial charge in [-0.1, -0.05) is 41.1 Å². The van der Waals surface area contributed by atoms with Gasteiger partial charge < -0.3 is 9.30 Å². The number of hydrogen-bond donors (Lipinski definition) is 0. The van der Waals surface area contributed by atoms with E-state index in [0.29, 0.717) is 29.6 Å². The summed E-state index contributed by atoms with van der Waals surface area (Å²) in [6.07, 6.45) is 0. The molecule has 9 heteroatoms. The van der Waals surface area contributed by atoms with Crippen molar-refractivity contribution in [1.82, 2.24) is 4.57 Å².